The highest BCUT2D eigenvalue weighted by Gasteiger charge is 2.62. The zero-order chi connectivity index (χ0) is 17.1. The zero-order valence-electron chi connectivity index (χ0n) is 14.4. The molecule has 7 atom stereocenters. The van der Waals surface area contributed by atoms with Crippen molar-refractivity contribution in [2.24, 2.45) is 11.8 Å². The predicted octanol–water partition coefficient (Wildman–Crippen LogP) is 1.25. The van der Waals surface area contributed by atoms with Crippen molar-refractivity contribution in [2.75, 3.05) is 6.54 Å². The maximum absolute atomic E-state index is 12.1. The number of hydrogen-bond donors (Lipinski definition) is 1. The number of nitrogens with zero attached hydrogens (tertiary/aromatic N) is 1. The Bertz CT molecular complexity index is 552. The molecule has 0 saturated carbocycles. The molecule has 4 saturated heterocycles. The van der Waals surface area contributed by atoms with Gasteiger partial charge in [-0.1, -0.05) is 6.92 Å². The lowest BCUT2D eigenvalue weighted by Crippen LogP contribution is -2.57. The molecule has 6 nitrogen and oxygen atoms in total. The summed E-state index contributed by atoms with van der Waals surface area (Å²) in [5.74, 6) is -0.888. The highest BCUT2D eigenvalue weighted by atomic mass is 16.6. The Kier molecular flexibility index (Phi) is 3.88. The summed E-state index contributed by atoms with van der Waals surface area (Å²) in [6, 6.07) is 0.212. The normalized spacial score (nSPS) is 49.1. The van der Waals surface area contributed by atoms with E-state index in [9.17, 15) is 14.7 Å². The first kappa shape index (κ1) is 16.3. The van der Waals surface area contributed by atoms with Crippen LogP contribution in [0.15, 0.2) is 0 Å². The van der Waals surface area contributed by atoms with Crippen molar-refractivity contribution in [1.82, 2.24) is 4.90 Å². The van der Waals surface area contributed by atoms with Crippen molar-refractivity contribution in [3.05, 3.63) is 0 Å². The summed E-state index contributed by atoms with van der Waals surface area (Å²) < 4.78 is 11.4. The van der Waals surface area contributed by atoms with Gasteiger partial charge in [0, 0.05) is 6.04 Å². The molecule has 0 aromatic rings. The van der Waals surface area contributed by atoms with Crippen LogP contribution < -0.4 is 0 Å². The van der Waals surface area contributed by atoms with E-state index in [1.54, 1.807) is 6.92 Å². The SMILES string of the molecule is CC1CC(C2CCC3N2CCCCC32OC(=O)C(C)C2O)OC1=O. The summed E-state index contributed by atoms with van der Waals surface area (Å²) >= 11 is 0. The van der Waals surface area contributed by atoms with E-state index in [4.69, 9.17) is 9.47 Å². The fourth-order valence-electron chi connectivity index (χ4n) is 5.35. The third-order valence-corrected chi connectivity index (χ3v) is 6.68. The first-order valence-electron chi connectivity index (χ1n) is 9.31. The van der Waals surface area contributed by atoms with E-state index in [1.165, 1.54) is 0 Å². The van der Waals surface area contributed by atoms with Gasteiger partial charge in [0.1, 0.15) is 12.2 Å². The number of fused-ring (bicyclic) bond motifs is 2. The summed E-state index contributed by atoms with van der Waals surface area (Å²) in [4.78, 5) is 26.3. The second kappa shape index (κ2) is 5.70. The first-order chi connectivity index (χ1) is 11.4. The molecule has 6 heteroatoms. The van der Waals surface area contributed by atoms with Gasteiger partial charge in [-0.05, 0) is 52.0 Å². The number of ether oxygens (including phenoxy) is 2. The van der Waals surface area contributed by atoms with Crippen LogP contribution in [0.1, 0.15) is 52.4 Å². The standard InChI is InChI=1S/C18H27NO5/c1-10-9-13(23-16(10)21)12-5-6-14-18(7-3-4-8-19(12)14)15(20)11(2)17(22)24-18/h10-15,20H,3-9H2,1-2H3. The van der Waals surface area contributed by atoms with E-state index in [2.05, 4.69) is 4.90 Å². The number of aliphatic hydroxyl groups is 1. The molecule has 1 spiro atoms. The fraction of sp³-hybridized carbons (Fsp3) is 0.889. The number of carbonyl (C=O) groups is 2. The molecule has 0 amide bonds. The van der Waals surface area contributed by atoms with Gasteiger partial charge >= 0.3 is 11.9 Å². The van der Waals surface area contributed by atoms with E-state index in [0.717, 1.165) is 45.1 Å². The van der Waals surface area contributed by atoms with Crippen molar-refractivity contribution >= 4 is 11.9 Å². The fourth-order valence-corrected chi connectivity index (χ4v) is 5.35. The van der Waals surface area contributed by atoms with Gasteiger partial charge < -0.3 is 14.6 Å². The lowest BCUT2D eigenvalue weighted by molar-refractivity contribution is -0.160. The van der Waals surface area contributed by atoms with Crippen LogP contribution in [0.4, 0.5) is 0 Å². The quantitative estimate of drug-likeness (QED) is 0.726. The second-order valence-corrected chi connectivity index (χ2v) is 8.08. The van der Waals surface area contributed by atoms with E-state index in [1.807, 2.05) is 6.92 Å². The molecule has 0 aliphatic carbocycles. The van der Waals surface area contributed by atoms with E-state index < -0.39 is 17.6 Å². The highest BCUT2D eigenvalue weighted by molar-refractivity contribution is 5.76. The van der Waals surface area contributed by atoms with Crippen molar-refractivity contribution in [3.8, 4) is 0 Å². The number of esters is 2. The summed E-state index contributed by atoms with van der Waals surface area (Å²) in [6.07, 6.45) is 4.43. The molecule has 0 aromatic carbocycles. The number of hydrogen-bond acceptors (Lipinski definition) is 6. The van der Waals surface area contributed by atoms with Gasteiger partial charge in [-0.2, -0.15) is 0 Å². The Morgan fingerprint density at radius 2 is 1.96 bits per heavy atom. The molecule has 0 bridgehead atoms. The van der Waals surface area contributed by atoms with E-state index in [0.29, 0.717) is 0 Å². The van der Waals surface area contributed by atoms with Gasteiger partial charge in [-0.15, -0.1) is 0 Å². The second-order valence-electron chi connectivity index (χ2n) is 8.08. The Balaban J connectivity index is 1.61. The molecule has 0 aromatic heterocycles. The minimum absolute atomic E-state index is 0.0310. The minimum atomic E-state index is -0.782. The Hall–Kier alpha value is -1.14. The first-order valence-corrected chi connectivity index (χ1v) is 9.31. The molecule has 134 valence electrons. The van der Waals surface area contributed by atoms with Crippen LogP contribution >= 0.6 is 0 Å². The van der Waals surface area contributed by atoms with Crippen molar-refractivity contribution in [3.63, 3.8) is 0 Å². The summed E-state index contributed by atoms with van der Waals surface area (Å²) in [5, 5.41) is 10.8. The highest BCUT2D eigenvalue weighted by Crippen LogP contribution is 2.48. The molecule has 24 heavy (non-hydrogen) atoms. The largest absolute Gasteiger partial charge is 0.460 e. The van der Waals surface area contributed by atoms with Crippen molar-refractivity contribution in [1.29, 1.82) is 0 Å². The van der Waals surface area contributed by atoms with Crippen LogP contribution in [0.5, 0.6) is 0 Å². The zero-order valence-corrected chi connectivity index (χ0v) is 14.4. The average Bonchev–Trinajstić information content (AvgIpc) is 3.13. The topological polar surface area (TPSA) is 76.1 Å². The van der Waals surface area contributed by atoms with Crippen LogP contribution in [-0.4, -0.2) is 58.4 Å². The maximum Gasteiger partial charge on any atom is 0.312 e. The third-order valence-electron chi connectivity index (χ3n) is 6.68. The summed E-state index contributed by atoms with van der Waals surface area (Å²) in [5.41, 5.74) is -0.782. The average molecular weight is 337 g/mol. The van der Waals surface area contributed by atoms with Gasteiger partial charge in [-0.3, -0.25) is 14.5 Å². The van der Waals surface area contributed by atoms with Gasteiger partial charge in [0.15, 0.2) is 5.60 Å². The molecule has 4 aliphatic rings. The Morgan fingerprint density at radius 1 is 1.17 bits per heavy atom. The van der Waals surface area contributed by atoms with Gasteiger partial charge in [0.2, 0.25) is 0 Å². The smallest absolute Gasteiger partial charge is 0.312 e. The van der Waals surface area contributed by atoms with Gasteiger partial charge in [0.05, 0.1) is 17.9 Å². The van der Waals surface area contributed by atoms with Crippen LogP contribution in [0.2, 0.25) is 0 Å². The molecule has 4 fully saturated rings. The minimum Gasteiger partial charge on any atom is -0.460 e. The van der Waals surface area contributed by atoms with Gasteiger partial charge in [0.25, 0.3) is 0 Å². The molecule has 0 radical (unpaired) electrons. The lowest BCUT2D eigenvalue weighted by atomic mass is 9.80. The van der Waals surface area contributed by atoms with Crippen molar-refractivity contribution in [2.45, 2.75) is 82.3 Å². The van der Waals surface area contributed by atoms with Crippen LogP contribution in [0.3, 0.4) is 0 Å². The molecule has 1 N–H and O–H groups in total. The van der Waals surface area contributed by atoms with Crippen molar-refractivity contribution < 1.29 is 24.2 Å². The van der Waals surface area contributed by atoms with Gasteiger partial charge in [-0.25, -0.2) is 0 Å². The maximum atomic E-state index is 12.1. The van der Waals surface area contributed by atoms with Crippen LogP contribution in [-0.2, 0) is 19.1 Å². The van der Waals surface area contributed by atoms with E-state index >= 15 is 0 Å². The Morgan fingerprint density at radius 3 is 2.58 bits per heavy atom. The summed E-state index contributed by atoms with van der Waals surface area (Å²) in [7, 11) is 0. The molecule has 7 unspecified atom stereocenters. The lowest BCUT2D eigenvalue weighted by Gasteiger charge is -2.41. The predicted molar refractivity (Wildman–Crippen MR) is 85.0 cm³/mol. The number of rotatable bonds is 1. The number of cyclic esters (lactones) is 1. The van der Waals surface area contributed by atoms with Crippen LogP contribution in [0, 0.1) is 11.8 Å². The molecule has 4 heterocycles. The number of carbonyl (C=O) groups excluding carboxylic acids is 2. The number of aliphatic hydroxyl groups excluding tert-OH is 1. The molecular formula is C18H27NO5. The third kappa shape index (κ3) is 2.22. The summed E-state index contributed by atoms with van der Waals surface area (Å²) in [6.45, 7) is 4.59. The van der Waals surface area contributed by atoms with Crippen LogP contribution in [0.25, 0.3) is 0 Å². The Labute approximate surface area is 142 Å². The van der Waals surface area contributed by atoms with E-state index in [-0.39, 0.29) is 36.0 Å². The monoisotopic (exact) mass is 337 g/mol. The molecular weight excluding hydrogens is 310 g/mol. The molecule has 4 aliphatic heterocycles. The molecule has 4 rings (SSSR count).